The Bertz CT molecular complexity index is 885. The van der Waals surface area contributed by atoms with Gasteiger partial charge in [0.05, 0.1) is 36.3 Å². The van der Waals surface area contributed by atoms with E-state index in [0.717, 1.165) is 0 Å². The Morgan fingerprint density at radius 1 is 1.20 bits per heavy atom. The number of hydrogen-bond donors (Lipinski definition) is 1. The van der Waals surface area contributed by atoms with Gasteiger partial charge in [0.15, 0.2) is 0 Å². The minimum atomic E-state index is -1.06. The predicted molar refractivity (Wildman–Crippen MR) is 88.1 cm³/mol. The van der Waals surface area contributed by atoms with E-state index in [0.29, 0.717) is 23.0 Å². The third-order valence-electron chi connectivity index (χ3n) is 3.32. The maximum atomic E-state index is 12.9. The van der Waals surface area contributed by atoms with Crippen LogP contribution in [0.5, 0.6) is 0 Å². The van der Waals surface area contributed by atoms with E-state index < -0.39 is 5.97 Å². The van der Waals surface area contributed by atoms with Crippen LogP contribution in [0.4, 0.5) is 4.39 Å². The summed E-state index contributed by atoms with van der Waals surface area (Å²) in [5.41, 5.74) is 1.29. The molecule has 0 aliphatic carbocycles. The standard InChI is InChI=1S/C13H8FN3O2.C4H8O2/c14-8-1-3-9(4-2-8)17-12-7-15-5-11(13(18)19)10(12)6-16-17;1-3-4(5)6-2/h1-7H,(H,18,19);3H2,1-2H3. The van der Waals surface area contributed by atoms with Crippen molar-refractivity contribution in [2.45, 2.75) is 13.3 Å². The first-order valence-electron chi connectivity index (χ1n) is 7.35. The Hall–Kier alpha value is -3.29. The van der Waals surface area contributed by atoms with Gasteiger partial charge in [-0.05, 0) is 24.3 Å². The molecule has 0 radical (unpaired) electrons. The molecule has 0 aliphatic rings. The van der Waals surface area contributed by atoms with Crippen LogP contribution < -0.4 is 0 Å². The highest BCUT2D eigenvalue weighted by molar-refractivity contribution is 6.02. The number of pyridine rings is 1. The van der Waals surface area contributed by atoms with Crippen molar-refractivity contribution in [1.29, 1.82) is 0 Å². The predicted octanol–water partition coefficient (Wildman–Crippen LogP) is 2.83. The number of ether oxygens (including phenoxy) is 1. The van der Waals surface area contributed by atoms with Crippen LogP contribution in [-0.2, 0) is 9.53 Å². The summed E-state index contributed by atoms with van der Waals surface area (Å²) >= 11 is 0. The second-order valence-corrected chi connectivity index (χ2v) is 4.89. The zero-order valence-corrected chi connectivity index (χ0v) is 13.6. The molecule has 0 atom stereocenters. The number of aromatic nitrogens is 3. The summed E-state index contributed by atoms with van der Waals surface area (Å²) in [4.78, 5) is 24.9. The lowest BCUT2D eigenvalue weighted by Gasteiger charge is -2.03. The number of aromatic carboxylic acids is 1. The number of carboxylic acids is 1. The van der Waals surface area contributed by atoms with Gasteiger partial charge in [-0.1, -0.05) is 6.92 Å². The number of fused-ring (bicyclic) bond motifs is 1. The first-order chi connectivity index (χ1) is 12.0. The van der Waals surface area contributed by atoms with Crippen molar-refractivity contribution >= 4 is 22.8 Å². The molecule has 25 heavy (non-hydrogen) atoms. The third kappa shape index (κ3) is 4.17. The van der Waals surface area contributed by atoms with Gasteiger partial charge in [-0.3, -0.25) is 9.78 Å². The van der Waals surface area contributed by atoms with Gasteiger partial charge in [0.1, 0.15) is 5.82 Å². The van der Waals surface area contributed by atoms with E-state index in [4.69, 9.17) is 5.11 Å². The zero-order chi connectivity index (χ0) is 18.4. The molecule has 2 aromatic heterocycles. The monoisotopic (exact) mass is 345 g/mol. The molecule has 0 fully saturated rings. The van der Waals surface area contributed by atoms with Gasteiger partial charge >= 0.3 is 11.9 Å². The highest BCUT2D eigenvalue weighted by Crippen LogP contribution is 2.20. The molecule has 1 N–H and O–H groups in total. The summed E-state index contributed by atoms with van der Waals surface area (Å²) in [6.45, 7) is 1.76. The molecule has 3 aromatic rings. The molecule has 0 amide bonds. The summed E-state index contributed by atoms with van der Waals surface area (Å²) in [7, 11) is 1.38. The highest BCUT2D eigenvalue weighted by Gasteiger charge is 2.13. The van der Waals surface area contributed by atoms with Crippen molar-refractivity contribution in [2.75, 3.05) is 7.11 Å². The van der Waals surface area contributed by atoms with Crippen LogP contribution in [0.15, 0.2) is 42.9 Å². The molecule has 7 nitrogen and oxygen atoms in total. The van der Waals surface area contributed by atoms with E-state index >= 15 is 0 Å². The van der Waals surface area contributed by atoms with Crippen LogP contribution in [0.25, 0.3) is 16.6 Å². The summed E-state index contributed by atoms with van der Waals surface area (Å²) in [6.07, 6.45) is 4.74. The van der Waals surface area contributed by atoms with Crippen LogP contribution in [0.3, 0.4) is 0 Å². The molecule has 0 saturated heterocycles. The Morgan fingerprint density at radius 2 is 1.88 bits per heavy atom. The van der Waals surface area contributed by atoms with Crippen molar-refractivity contribution in [3.8, 4) is 5.69 Å². The number of carbonyl (C=O) groups excluding carboxylic acids is 1. The Kier molecular flexibility index (Phi) is 5.78. The van der Waals surface area contributed by atoms with Gasteiger partial charge in [0, 0.05) is 18.0 Å². The fraction of sp³-hybridized carbons (Fsp3) is 0.176. The molecule has 8 heteroatoms. The van der Waals surface area contributed by atoms with Crippen LogP contribution in [0, 0.1) is 5.82 Å². The number of rotatable bonds is 3. The average Bonchev–Trinajstić information content (AvgIpc) is 3.06. The first kappa shape index (κ1) is 18.1. The van der Waals surface area contributed by atoms with E-state index in [1.807, 2.05) is 0 Å². The van der Waals surface area contributed by atoms with Crippen LogP contribution in [-0.4, -0.2) is 38.9 Å². The maximum absolute atomic E-state index is 12.9. The van der Waals surface area contributed by atoms with E-state index in [1.165, 1.54) is 42.5 Å². The number of esters is 1. The molecule has 1 aromatic carbocycles. The molecule has 0 saturated carbocycles. The number of carboxylic acid groups (broad SMARTS) is 1. The van der Waals surface area contributed by atoms with E-state index in [1.54, 1.807) is 19.1 Å². The van der Waals surface area contributed by atoms with Gasteiger partial charge < -0.3 is 9.84 Å². The van der Waals surface area contributed by atoms with Crippen LogP contribution in [0.2, 0.25) is 0 Å². The van der Waals surface area contributed by atoms with Crippen LogP contribution >= 0.6 is 0 Å². The molecular formula is C17H16FN3O4. The smallest absolute Gasteiger partial charge is 0.338 e. The number of methoxy groups -OCH3 is 1. The summed E-state index contributed by atoms with van der Waals surface area (Å²) in [5.74, 6) is -1.56. The minimum absolute atomic E-state index is 0.0888. The minimum Gasteiger partial charge on any atom is -0.478 e. The maximum Gasteiger partial charge on any atom is 0.338 e. The highest BCUT2D eigenvalue weighted by atomic mass is 19.1. The number of hydrogen-bond acceptors (Lipinski definition) is 5. The van der Waals surface area contributed by atoms with Gasteiger partial charge in [-0.2, -0.15) is 5.10 Å². The lowest BCUT2D eigenvalue weighted by Crippen LogP contribution is -1.99. The summed E-state index contributed by atoms with van der Waals surface area (Å²) < 4.78 is 18.7. The van der Waals surface area contributed by atoms with Gasteiger partial charge in [-0.25, -0.2) is 13.9 Å². The topological polar surface area (TPSA) is 94.3 Å². The molecule has 0 bridgehead atoms. The molecule has 2 heterocycles. The normalized spacial score (nSPS) is 10.0. The van der Waals surface area contributed by atoms with Gasteiger partial charge in [-0.15, -0.1) is 0 Å². The van der Waals surface area contributed by atoms with Crippen molar-refractivity contribution in [3.05, 3.63) is 54.2 Å². The lowest BCUT2D eigenvalue weighted by molar-refractivity contribution is -0.140. The average molecular weight is 345 g/mol. The van der Waals surface area contributed by atoms with Crippen LogP contribution in [0.1, 0.15) is 23.7 Å². The van der Waals surface area contributed by atoms with E-state index in [9.17, 15) is 14.0 Å². The fourth-order valence-electron chi connectivity index (χ4n) is 2.04. The SMILES string of the molecule is CCC(=O)OC.O=C(O)c1cncc2c1cnn2-c1ccc(F)cc1. The van der Waals surface area contributed by atoms with E-state index in [-0.39, 0.29) is 17.3 Å². The number of carbonyl (C=O) groups is 2. The molecular weight excluding hydrogens is 329 g/mol. The molecule has 3 rings (SSSR count). The Morgan fingerprint density at radius 3 is 2.40 bits per heavy atom. The molecule has 0 spiro atoms. The van der Waals surface area contributed by atoms with Crippen molar-refractivity contribution in [2.24, 2.45) is 0 Å². The zero-order valence-electron chi connectivity index (χ0n) is 13.6. The third-order valence-corrected chi connectivity index (χ3v) is 3.32. The fourth-order valence-corrected chi connectivity index (χ4v) is 2.04. The van der Waals surface area contributed by atoms with Crippen molar-refractivity contribution in [3.63, 3.8) is 0 Å². The lowest BCUT2D eigenvalue weighted by atomic mass is 10.2. The molecule has 130 valence electrons. The van der Waals surface area contributed by atoms with Crippen molar-refractivity contribution < 1.29 is 23.8 Å². The molecule has 0 aliphatic heterocycles. The second kappa shape index (κ2) is 8.00. The Balaban J connectivity index is 0.000000326. The first-order valence-corrected chi connectivity index (χ1v) is 7.35. The summed E-state index contributed by atoms with van der Waals surface area (Å²) in [5, 5.41) is 13.7. The van der Waals surface area contributed by atoms with Crippen molar-refractivity contribution in [1.82, 2.24) is 14.8 Å². The number of halogens is 1. The number of nitrogens with zero attached hydrogens (tertiary/aromatic N) is 3. The van der Waals surface area contributed by atoms with Gasteiger partial charge in [0.25, 0.3) is 0 Å². The quantitative estimate of drug-likeness (QED) is 0.734. The van der Waals surface area contributed by atoms with E-state index in [2.05, 4.69) is 14.8 Å². The largest absolute Gasteiger partial charge is 0.478 e. The Labute approximate surface area is 142 Å². The summed E-state index contributed by atoms with van der Waals surface area (Å²) in [6, 6.07) is 5.76. The van der Waals surface area contributed by atoms with Gasteiger partial charge in [0.2, 0.25) is 0 Å². The molecule has 0 unspecified atom stereocenters. The number of benzene rings is 1. The second-order valence-electron chi connectivity index (χ2n) is 4.89.